The van der Waals surface area contributed by atoms with Crippen molar-refractivity contribution in [3.63, 3.8) is 0 Å². The Morgan fingerprint density at radius 1 is 1.26 bits per heavy atom. The molecule has 1 aliphatic rings. The molecule has 27 heavy (non-hydrogen) atoms. The second-order valence-corrected chi connectivity index (χ2v) is 9.63. The molecule has 5 nitrogen and oxygen atoms in total. The van der Waals surface area contributed by atoms with E-state index in [1.54, 1.807) is 12.1 Å². The van der Waals surface area contributed by atoms with Crippen molar-refractivity contribution in [1.82, 2.24) is 4.31 Å². The number of esters is 1. The van der Waals surface area contributed by atoms with Gasteiger partial charge in [-0.3, -0.25) is 0 Å². The zero-order valence-electron chi connectivity index (χ0n) is 16.6. The molecular weight excluding hydrogens is 386 g/mol. The monoisotopic (exact) mass is 415 g/mol. The molecule has 0 saturated carbocycles. The van der Waals surface area contributed by atoms with Crippen molar-refractivity contribution < 1.29 is 18.5 Å². The van der Waals surface area contributed by atoms with Crippen molar-refractivity contribution in [1.29, 1.82) is 0 Å². The van der Waals surface area contributed by atoms with Gasteiger partial charge in [0.25, 0.3) is 0 Å². The van der Waals surface area contributed by atoms with E-state index in [1.807, 2.05) is 38.1 Å². The van der Waals surface area contributed by atoms with E-state index in [1.165, 1.54) is 6.42 Å². The molecule has 7 heteroatoms. The molecule has 1 aromatic carbocycles. The van der Waals surface area contributed by atoms with Gasteiger partial charge in [0.15, 0.2) is 6.10 Å². The summed E-state index contributed by atoms with van der Waals surface area (Å²) < 4.78 is 26.0. The maximum Gasteiger partial charge on any atom is 0.335 e. The van der Waals surface area contributed by atoms with Crippen LogP contribution in [0.5, 0.6) is 0 Å². The fourth-order valence-electron chi connectivity index (χ4n) is 2.86. The average Bonchev–Trinajstić information content (AvgIpc) is 2.62. The molecule has 0 bridgehead atoms. The lowest BCUT2D eigenvalue weighted by molar-refractivity contribution is -0.169. The van der Waals surface area contributed by atoms with E-state index < -0.39 is 22.7 Å². The highest BCUT2D eigenvalue weighted by molar-refractivity contribution is 7.82. The Labute approximate surface area is 169 Å². The summed E-state index contributed by atoms with van der Waals surface area (Å²) in [6.45, 7) is 9.21. The van der Waals surface area contributed by atoms with Crippen molar-refractivity contribution in [3.05, 3.63) is 28.8 Å². The van der Waals surface area contributed by atoms with Gasteiger partial charge in [0.1, 0.15) is 16.6 Å². The van der Waals surface area contributed by atoms with Gasteiger partial charge in [-0.2, -0.15) is 0 Å². The Morgan fingerprint density at radius 2 is 1.93 bits per heavy atom. The van der Waals surface area contributed by atoms with Crippen molar-refractivity contribution in [2.45, 2.75) is 76.6 Å². The summed E-state index contributed by atoms with van der Waals surface area (Å²) in [5.74, 6) is -0.380. The summed E-state index contributed by atoms with van der Waals surface area (Å²) in [5.41, 5.74) is 0.165. The van der Waals surface area contributed by atoms with Gasteiger partial charge in [0.05, 0.1) is 11.5 Å². The molecule has 152 valence electrons. The van der Waals surface area contributed by atoms with E-state index in [2.05, 4.69) is 0 Å². The number of carbonyl (C=O) groups excluding carboxylic acids is 1. The second-order valence-electron chi connectivity index (χ2n) is 7.73. The number of nitrogens with zero attached hydrogens (tertiary/aromatic N) is 1. The summed E-state index contributed by atoms with van der Waals surface area (Å²) in [6.07, 6.45) is 3.19. The number of hydrogen-bond acceptors (Lipinski definition) is 4. The number of ether oxygens (including phenoxy) is 2. The SMILES string of the molecule is CCC(OCc1cc(S(=O)N2CCCCC2)ccc1Cl)C(=O)OC(C)(C)C. The van der Waals surface area contributed by atoms with E-state index >= 15 is 0 Å². The molecule has 0 amide bonds. The molecule has 2 atom stereocenters. The van der Waals surface area contributed by atoms with E-state index in [4.69, 9.17) is 21.1 Å². The predicted octanol–water partition coefficient (Wildman–Crippen LogP) is 4.49. The normalized spacial score (nSPS) is 18.1. The zero-order chi connectivity index (χ0) is 20.0. The molecule has 1 fully saturated rings. The van der Waals surface area contributed by atoms with Crippen LogP contribution in [0, 0.1) is 0 Å². The molecule has 0 aliphatic carbocycles. The van der Waals surface area contributed by atoms with Gasteiger partial charge in [0.2, 0.25) is 0 Å². The summed E-state index contributed by atoms with van der Waals surface area (Å²) in [5, 5.41) is 0.536. The summed E-state index contributed by atoms with van der Waals surface area (Å²) >= 11 is 6.29. The predicted molar refractivity (Wildman–Crippen MR) is 108 cm³/mol. The van der Waals surface area contributed by atoms with Crippen LogP contribution in [-0.2, 0) is 31.9 Å². The minimum absolute atomic E-state index is 0.168. The maximum absolute atomic E-state index is 12.8. The van der Waals surface area contributed by atoms with Crippen LogP contribution >= 0.6 is 11.6 Å². The van der Waals surface area contributed by atoms with Gasteiger partial charge < -0.3 is 9.47 Å². The van der Waals surface area contributed by atoms with Crippen molar-refractivity contribution in [3.8, 4) is 0 Å². The van der Waals surface area contributed by atoms with Gasteiger partial charge >= 0.3 is 5.97 Å². The van der Waals surface area contributed by atoms with E-state index in [9.17, 15) is 9.00 Å². The Bertz CT molecular complexity index is 668. The molecule has 0 radical (unpaired) electrons. The first-order valence-electron chi connectivity index (χ1n) is 9.51. The van der Waals surface area contributed by atoms with Crippen LogP contribution in [-0.4, -0.2) is 39.3 Å². The number of piperidine rings is 1. The highest BCUT2D eigenvalue weighted by Crippen LogP contribution is 2.24. The molecule has 0 N–H and O–H groups in total. The quantitative estimate of drug-likeness (QED) is 0.616. The van der Waals surface area contributed by atoms with Gasteiger partial charge in [-0.15, -0.1) is 0 Å². The smallest absolute Gasteiger partial charge is 0.335 e. The van der Waals surface area contributed by atoms with Crippen LogP contribution < -0.4 is 0 Å². The molecular formula is C20H30ClNO4S. The lowest BCUT2D eigenvalue weighted by atomic mass is 10.2. The summed E-state index contributed by atoms with van der Waals surface area (Å²) in [7, 11) is -1.20. The van der Waals surface area contributed by atoms with Gasteiger partial charge in [-0.1, -0.05) is 24.9 Å². The Balaban J connectivity index is 2.04. The van der Waals surface area contributed by atoms with Crippen LogP contribution in [0.4, 0.5) is 0 Å². The molecule has 1 aromatic rings. The van der Waals surface area contributed by atoms with Crippen molar-refractivity contribution in [2.75, 3.05) is 13.1 Å². The fraction of sp³-hybridized carbons (Fsp3) is 0.650. The van der Waals surface area contributed by atoms with Crippen LogP contribution in [0.1, 0.15) is 58.9 Å². The Morgan fingerprint density at radius 3 is 2.52 bits per heavy atom. The lowest BCUT2D eigenvalue weighted by Gasteiger charge is -2.25. The number of carbonyl (C=O) groups is 1. The zero-order valence-corrected chi connectivity index (χ0v) is 18.2. The van der Waals surface area contributed by atoms with E-state index in [0.717, 1.165) is 31.5 Å². The Hall–Kier alpha value is -0.950. The molecule has 1 saturated heterocycles. The topological polar surface area (TPSA) is 55.8 Å². The summed E-state index contributed by atoms with van der Waals surface area (Å²) in [6, 6.07) is 5.35. The van der Waals surface area contributed by atoms with E-state index in [-0.39, 0.29) is 12.6 Å². The number of hydrogen-bond donors (Lipinski definition) is 0. The first-order valence-corrected chi connectivity index (χ1v) is 11.0. The molecule has 1 heterocycles. The first kappa shape index (κ1) is 22.3. The van der Waals surface area contributed by atoms with Crippen LogP contribution in [0.15, 0.2) is 23.1 Å². The van der Waals surface area contributed by atoms with Crippen LogP contribution in [0.3, 0.4) is 0 Å². The molecule has 1 aliphatic heterocycles. The number of benzene rings is 1. The molecule has 2 unspecified atom stereocenters. The van der Waals surface area contributed by atoms with Gasteiger partial charge in [-0.25, -0.2) is 13.3 Å². The molecule has 2 rings (SSSR count). The third kappa shape index (κ3) is 6.86. The highest BCUT2D eigenvalue weighted by Gasteiger charge is 2.25. The minimum atomic E-state index is -1.20. The summed E-state index contributed by atoms with van der Waals surface area (Å²) in [4.78, 5) is 13.0. The Kier molecular flexibility index (Phi) is 8.28. The van der Waals surface area contributed by atoms with Gasteiger partial charge in [0, 0.05) is 18.1 Å². The molecule has 0 aromatic heterocycles. The van der Waals surface area contributed by atoms with Crippen molar-refractivity contribution in [2.24, 2.45) is 0 Å². The second kappa shape index (κ2) is 10.0. The molecule has 0 spiro atoms. The first-order chi connectivity index (χ1) is 12.7. The number of halogens is 1. The standard InChI is InChI=1S/C20H30ClNO4S/c1-5-18(19(23)26-20(2,3)4)25-14-15-13-16(9-10-17(15)21)27(24)22-11-7-6-8-12-22/h9-10,13,18H,5-8,11-12,14H2,1-4H3. The largest absolute Gasteiger partial charge is 0.458 e. The third-order valence-electron chi connectivity index (χ3n) is 4.25. The highest BCUT2D eigenvalue weighted by atomic mass is 35.5. The minimum Gasteiger partial charge on any atom is -0.458 e. The average molecular weight is 416 g/mol. The number of rotatable bonds is 7. The van der Waals surface area contributed by atoms with E-state index in [0.29, 0.717) is 16.3 Å². The van der Waals surface area contributed by atoms with Gasteiger partial charge in [-0.05, 0) is 63.8 Å². The lowest BCUT2D eigenvalue weighted by Crippen LogP contribution is -2.33. The van der Waals surface area contributed by atoms with Crippen molar-refractivity contribution >= 4 is 28.6 Å². The maximum atomic E-state index is 12.8. The third-order valence-corrected chi connectivity index (χ3v) is 6.11. The van der Waals surface area contributed by atoms with Crippen LogP contribution in [0.25, 0.3) is 0 Å². The fourth-order valence-corrected chi connectivity index (χ4v) is 4.35. The van der Waals surface area contributed by atoms with Crippen LogP contribution in [0.2, 0.25) is 5.02 Å².